The zero-order valence-corrected chi connectivity index (χ0v) is 16.7. The molecule has 0 amide bonds. The average Bonchev–Trinajstić information content (AvgIpc) is 3.38. The molecule has 0 N–H and O–H groups in total. The van der Waals surface area contributed by atoms with Gasteiger partial charge in [0.05, 0.1) is 12.4 Å². The van der Waals surface area contributed by atoms with E-state index in [4.69, 9.17) is 9.15 Å². The van der Waals surface area contributed by atoms with E-state index in [1.807, 2.05) is 73.1 Å². The molecule has 28 heavy (non-hydrogen) atoms. The number of imidazole rings is 1. The maximum Gasteiger partial charge on any atom is 0.247 e. The van der Waals surface area contributed by atoms with Gasteiger partial charge in [0.2, 0.25) is 11.8 Å². The van der Waals surface area contributed by atoms with Gasteiger partial charge in [0.25, 0.3) is 0 Å². The molecule has 6 nitrogen and oxygen atoms in total. The third-order valence-electron chi connectivity index (χ3n) is 4.29. The Morgan fingerprint density at radius 2 is 1.93 bits per heavy atom. The first-order chi connectivity index (χ1) is 13.6. The minimum absolute atomic E-state index is 0.0366. The van der Waals surface area contributed by atoms with Gasteiger partial charge >= 0.3 is 0 Å². The van der Waals surface area contributed by atoms with Crippen LogP contribution in [0.3, 0.4) is 0 Å². The van der Waals surface area contributed by atoms with Crippen molar-refractivity contribution in [2.45, 2.75) is 24.3 Å². The van der Waals surface area contributed by atoms with Crippen LogP contribution < -0.4 is 4.74 Å². The third kappa shape index (κ3) is 3.80. The maximum atomic E-state index is 5.91. The van der Waals surface area contributed by atoms with Crippen molar-refractivity contribution >= 4 is 11.8 Å². The van der Waals surface area contributed by atoms with E-state index in [9.17, 15) is 0 Å². The first-order valence-electron chi connectivity index (χ1n) is 8.89. The predicted octanol–water partition coefficient (Wildman–Crippen LogP) is 5.09. The van der Waals surface area contributed by atoms with E-state index in [1.54, 1.807) is 25.1 Å². The van der Waals surface area contributed by atoms with Gasteiger partial charge in [-0.1, -0.05) is 29.5 Å². The third-order valence-corrected chi connectivity index (χ3v) is 5.36. The lowest BCUT2D eigenvalue weighted by atomic mass is 10.1. The number of thioether (sulfide) groups is 1. The van der Waals surface area contributed by atoms with Gasteiger partial charge in [-0.3, -0.25) is 4.57 Å². The quantitative estimate of drug-likeness (QED) is 0.426. The molecular weight excluding hydrogens is 372 g/mol. The standard InChI is InChI=1S/C21H20N4O2S/c1-14-5-4-6-16(13-14)20-24-23-19(27-20)15(2)28-21-22-11-12-25(21)17-7-9-18(26-3)10-8-17/h4-13,15H,1-3H3/t15-/m1/s1. The van der Waals surface area contributed by atoms with Crippen LogP contribution in [-0.2, 0) is 0 Å². The summed E-state index contributed by atoms with van der Waals surface area (Å²) >= 11 is 1.57. The van der Waals surface area contributed by atoms with Gasteiger partial charge in [-0.15, -0.1) is 10.2 Å². The number of methoxy groups -OCH3 is 1. The summed E-state index contributed by atoms with van der Waals surface area (Å²) in [5, 5.41) is 9.26. The number of aromatic nitrogens is 4. The highest BCUT2D eigenvalue weighted by molar-refractivity contribution is 7.99. The fraction of sp³-hybridized carbons (Fsp3) is 0.190. The number of nitrogens with zero attached hydrogens (tertiary/aromatic N) is 4. The van der Waals surface area contributed by atoms with Crippen LogP contribution in [-0.4, -0.2) is 26.9 Å². The number of ether oxygens (including phenoxy) is 1. The highest BCUT2D eigenvalue weighted by Crippen LogP contribution is 2.35. The summed E-state index contributed by atoms with van der Waals surface area (Å²) < 4.78 is 13.2. The van der Waals surface area contributed by atoms with Crippen LogP contribution in [0.4, 0.5) is 0 Å². The predicted molar refractivity (Wildman–Crippen MR) is 109 cm³/mol. The minimum atomic E-state index is -0.0366. The molecule has 0 aliphatic carbocycles. The molecule has 0 aliphatic heterocycles. The van der Waals surface area contributed by atoms with Crippen LogP contribution in [0, 0.1) is 6.92 Å². The summed E-state index contributed by atoms with van der Waals surface area (Å²) in [7, 11) is 1.66. The number of aryl methyl sites for hydroxylation is 1. The topological polar surface area (TPSA) is 66.0 Å². The van der Waals surface area contributed by atoms with Crippen LogP contribution in [0.25, 0.3) is 17.1 Å². The number of hydrogen-bond acceptors (Lipinski definition) is 6. The fourth-order valence-corrected chi connectivity index (χ4v) is 3.73. The molecule has 142 valence electrons. The number of hydrogen-bond donors (Lipinski definition) is 0. The van der Waals surface area contributed by atoms with E-state index >= 15 is 0 Å². The first-order valence-corrected chi connectivity index (χ1v) is 9.77. The van der Waals surface area contributed by atoms with Gasteiger partial charge in [0, 0.05) is 23.6 Å². The highest BCUT2D eigenvalue weighted by Gasteiger charge is 2.19. The molecule has 0 bridgehead atoms. The van der Waals surface area contributed by atoms with E-state index in [0.29, 0.717) is 11.8 Å². The van der Waals surface area contributed by atoms with Crippen molar-refractivity contribution in [2.75, 3.05) is 7.11 Å². The van der Waals surface area contributed by atoms with E-state index in [2.05, 4.69) is 15.2 Å². The molecule has 2 heterocycles. The van der Waals surface area contributed by atoms with Gasteiger partial charge in [-0.2, -0.15) is 0 Å². The van der Waals surface area contributed by atoms with E-state index < -0.39 is 0 Å². The summed E-state index contributed by atoms with van der Waals surface area (Å²) in [6, 6.07) is 15.9. The lowest BCUT2D eigenvalue weighted by Gasteiger charge is -2.10. The van der Waals surface area contributed by atoms with Crippen molar-refractivity contribution < 1.29 is 9.15 Å². The van der Waals surface area contributed by atoms with Crippen molar-refractivity contribution in [3.05, 3.63) is 72.4 Å². The SMILES string of the molecule is COc1ccc(-n2ccnc2S[C@H](C)c2nnc(-c3cccc(C)c3)o2)cc1. The van der Waals surface area contributed by atoms with Gasteiger partial charge in [-0.25, -0.2) is 4.98 Å². The zero-order chi connectivity index (χ0) is 19.5. The Balaban J connectivity index is 1.53. The van der Waals surface area contributed by atoms with Crippen molar-refractivity contribution in [3.8, 4) is 22.9 Å². The van der Waals surface area contributed by atoms with Gasteiger partial charge in [0.1, 0.15) is 5.75 Å². The number of rotatable bonds is 6. The van der Waals surface area contributed by atoms with Crippen LogP contribution in [0.15, 0.2) is 70.5 Å². The van der Waals surface area contributed by atoms with Gasteiger partial charge < -0.3 is 9.15 Å². The molecule has 0 saturated heterocycles. The molecule has 4 rings (SSSR count). The molecule has 0 saturated carbocycles. The lowest BCUT2D eigenvalue weighted by Crippen LogP contribution is -1.97. The first kappa shape index (κ1) is 18.3. The summed E-state index contributed by atoms with van der Waals surface area (Å²) in [5.74, 6) is 1.93. The summed E-state index contributed by atoms with van der Waals surface area (Å²) in [5.41, 5.74) is 3.09. The summed E-state index contributed by atoms with van der Waals surface area (Å²) in [6.45, 7) is 4.07. The maximum absolute atomic E-state index is 5.91. The smallest absolute Gasteiger partial charge is 0.247 e. The molecule has 7 heteroatoms. The summed E-state index contributed by atoms with van der Waals surface area (Å²) in [4.78, 5) is 4.48. The normalized spacial score (nSPS) is 12.1. The Morgan fingerprint density at radius 3 is 2.68 bits per heavy atom. The molecular formula is C21H20N4O2S. The monoisotopic (exact) mass is 392 g/mol. The molecule has 4 aromatic rings. The second-order valence-corrected chi connectivity index (χ2v) is 7.66. The van der Waals surface area contributed by atoms with Crippen LogP contribution in [0.1, 0.15) is 23.6 Å². The van der Waals surface area contributed by atoms with E-state index in [1.165, 1.54) is 0 Å². The Bertz CT molecular complexity index is 1070. The minimum Gasteiger partial charge on any atom is -0.497 e. The van der Waals surface area contributed by atoms with Crippen LogP contribution >= 0.6 is 11.8 Å². The van der Waals surface area contributed by atoms with Crippen molar-refractivity contribution in [3.63, 3.8) is 0 Å². The van der Waals surface area contributed by atoms with Crippen LogP contribution in [0.5, 0.6) is 5.75 Å². The molecule has 0 radical (unpaired) electrons. The Hall–Kier alpha value is -3.06. The van der Waals surface area contributed by atoms with Gasteiger partial charge in [-0.05, 0) is 50.2 Å². The van der Waals surface area contributed by atoms with Crippen molar-refractivity contribution in [2.24, 2.45) is 0 Å². The molecule has 0 spiro atoms. The second kappa shape index (κ2) is 7.90. The molecule has 0 unspecified atom stereocenters. The Kier molecular flexibility index (Phi) is 5.16. The largest absolute Gasteiger partial charge is 0.497 e. The Labute approximate surface area is 167 Å². The molecule has 1 atom stereocenters. The molecule has 0 aliphatic rings. The molecule has 2 aromatic carbocycles. The zero-order valence-electron chi connectivity index (χ0n) is 15.9. The van der Waals surface area contributed by atoms with Crippen LogP contribution in [0.2, 0.25) is 0 Å². The average molecular weight is 392 g/mol. The van der Waals surface area contributed by atoms with Gasteiger partial charge in [0.15, 0.2) is 5.16 Å². The fourth-order valence-electron chi connectivity index (χ4n) is 2.82. The lowest BCUT2D eigenvalue weighted by molar-refractivity contribution is 0.414. The Morgan fingerprint density at radius 1 is 1.11 bits per heavy atom. The molecule has 2 aromatic heterocycles. The second-order valence-electron chi connectivity index (χ2n) is 6.35. The van der Waals surface area contributed by atoms with E-state index in [-0.39, 0.29) is 5.25 Å². The molecule has 0 fully saturated rings. The summed E-state index contributed by atoms with van der Waals surface area (Å²) in [6.07, 6.45) is 3.72. The number of benzene rings is 2. The van der Waals surface area contributed by atoms with Crippen molar-refractivity contribution in [1.29, 1.82) is 0 Å². The highest BCUT2D eigenvalue weighted by atomic mass is 32.2. The van der Waals surface area contributed by atoms with Crippen molar-refractivity contribution in [1.82, 2.24) is 19.7 Å². The van der Waals surface area contributed by atoms with E-state index in [0.717, 1.165) is 27.7 Å².